The number of carbonyl (C=O) groups is 2. The number of carboxylic acid groups (broad SMARTS) is 1. The first-order valence-electron chi connectivity index (χ1n) is 8.85. The van der Waals surface area contributed by atoms with Gasteiger partial charge in [-0.2, -0.15) is 10.2 Å². The number of aromatic nitrogens is 5. The molecule has 144 valence electrons. The lowest BCUT2D eigenvalue weighted by molar-refractivity contribution is -0.144. The van der Waals surface area contributed by atoms with Crippen molar-refractivity contribution < 1.29 is 14.7 Å². The molecule has 1 aromatic carbocycles. The Morgan fingerprint density at radius 2 is 1.86 bits per heavy atom. The van der Waals surface area contributed by atoms with Crippen LogP contribution in [0.3, 0.4) is 0 Å². The molecular formula is C18H19N7O3. The zero-order valence-corrected chi connectivity index (χ0v) is 15.0. The van der Waals surface area contributed by atoms with Crippen LogP contribution in [0.15, 0.2) is 49.1 Å². The van der Waals surface area contributed by atoms with Gasteiger partial charge >= 0.3 is 5.97 Å². The van der Waals surface area contributed by atoms with Crippen molar-refractivity contribution in [3.8, 4) is 5.69 Å². The van der Waals surface area contributed by atoms with E-state index in [4.69, 9.17) is 0 Å². The number of H-pyrrole nitrogens is 1. The van der Waals surface area contributed by atoms with Crippen molar-refractivity contribution in [2.24, 2.45) is 0 Å². The molecule has 0 unspecified atom stereocenters. The van der Waals surface area contributed by atoms with E-state index in [1.807, 2.05) is 41.4 Å². The second-order valence-electron chi connectivity index (χ2n) is 6.45. The summed E-state index contributed by atoms with van der Waals surface area (Å²) in [4.78, 5) is 31.7. The van der Waals surface area contributed by atoms with E-state index in [-0.39, 0.29) is 11.7 Å². The van der Waals surface area contributed by atoms with Gasteiger partial charge in [0.15, 0.2) is 0 Å². The Hall–Kier alpha value is -3.53. The molecule has 2 N–H and O–H groups in total. The molecule has 0 spiro atoms. The Balaban J connectivity index is 1.46. The van der Waals surface area contributed by atoms with Crippen LogP contribution >= 0.6 is 0 Å². The molecule has 10 heteroatoms. The monoisotopic (exact) mass is 381 g/mol. The quantitative estimate of drug-likeness (QED) is 0.663. The van der Waals surface area contributed by atoms with Crippen LogP contribution in [0.5, 0.6) is 0 Å². The number of carboxylic acids is 1. The van der Waals surface area contributed by atoms with Gasteiger partial charge in [0.2, 0.25) is 5.82 Å². The minimum Gasteiger partial charge on any atom is -0.480 e. The van der Waals surface area contributed by atoms with Crippen molar-refractivity contribution in [3.63, 3.8) is 0 Å². The number of hydrogen-bond acceptors (Lipinski definition) is 6. The van der Waals surface area contributed by atoms with Crippen LogP contribution < -0.4 is 0 Å². The number of nitrogens with one attached hydrogen (secondary N) is 1. The van der Waals surface area contributed by atoms with E-state index in [2.05, 4.69) is 20.3 Å². The van der Waals surface area contributed by atoms with Gasteiger partial charge in [0, 0.05) is 38.6 Å². The number of piperazine rings is 1. The fourth-order valence-electron chi connectivity index (χ4n) is 3.38. The number of hydrogen-bond donors (Lipinski definition) is 2. The molecule has 4 rings (SSSR count). The Morgan fingerprint density at radius 3 is 2.43 bits per heavy atom. The minimum absolute atomic E-state index is 0.192. The number of amides is 1. The highest BCUT2D eigenvalue weighted by molar-refractivity contribution is 5.90. The minimum atomic E-state index is -0.915. The van der Waals surface area contributed by atoms with E-state index in [9.17, 15) is 14.7 Å². The number of aliphatic carboxylic acids is 1. The highest BCUT2D eigenvalue weighted by Crippen LogP contribution is 2.24. The van der Waals surface area contributed by atoms with Gasteiger partial charge in [0.1, 0.15) is 12.4 Å². The molecule has 2 aromatic heterocycles. The van der Waals surface area contributed by atoms with Gasteiger partial charge in [-0.05, 0) is 23.8 Å². The summed E-state index contributed by atoms with van der Waals surface area (Å²) >= 11 is 0. The maximum Gasteiger partial charge on any atom is 0.325 e. The first kappa shape index (κ1) is 17.9. The zero-order chi connectivity index (χ0) is 19.5. The fraction of sp³-hybridized carbons (Fsp3) is 0.278. The van der Waals surface area contributed by atoms with Gasteiger partial charge in [-0.15, -0.1) is 0 Å². The molecule has 10 nitrogen and oxygen atoms in total. The van der Waals surface area contributed by atoms with Gasteiger partial charge in [-0.3, -0.25) is 19.6 Å². The highest BCUT2D eigenvalue weighted by atomic mass is 16.4. The summed E-state index contributed by atoms with van der Waals surface area (Å²) in [5.74, 6) is -0.952. The van der Waals surface area contributed by atoms with E-state index >= 15 is 0 Å². The van der Waals surface area contributed by atoms with Crippen molar-refractivity contribution >= 4 is 11.9 Å². The topological polar surface area (TPSA) is 120 Å². The van der Waals surface area contributed by atoms with Crippen molar-refractivity contribution in [1.82, 2.24) is 34.8 Å². The Morgan fingerprint density at radius 1 is 1.11 bits per heavy atom. The smallest absolute Gasteiger partial charge is 0.325 e. The van der Waals surface area contributed by atoms with Crippen LogP contribution in [-0.4, -0.2) is 77.9 Å². The molecule has 0 saturated carbocycles. The standard InChI is InChI=1S/C18H19N7O3/c26-17(16-19-12-20-22-16)24-10-8-23(9-11-24)15(18(27)28)13-2-4-14(5-3-13)25-7-1-6-21-25/h1-7,12,15H,8-11H2,(H,27,28)(H,19,20,22)/t15-/m0/s1. The summed E-state index contributed by atoms with van der Waals surface area (Å²) in [5.41, 5.74) is 1.55. The predicted molar refractivity (Wildman–Crippen MR) is 97.8 cm³/mol. The second-order valence-corrected chi connectivity index (χ2v) is 6.45. The van der Waals surface area contributed by atoms with Crippen molar-refractivity contribution in [2.75, 3.05) is 26.2 Å². The molecule has 1 amide bonds. The van der Waals surface area contributed by atoms with Gasteiger partial charge in [0.05, 0.1) is 5.69 Å². The van der Waals surface area contributed by atoms with Crippen LogP contribution in [0.25, 0.3) is 5.69 Å². The normalized spacial score (nSPS) is 16.1. The number of carbonyl (C=O) groups excluding carboxylic acids is 1. The van der Waals surface area contributed by atoms with Gasteiger partial charge in [0.25, 0.3) is 5.91 Å². The van der Waals surface area contributed by atoms with Crippen LogP contribution in [0.1, 0.15) is 22.2 Å². The summed E-state index contributed by atoms with van der Waals surface area (Å²) < 4.78 is 1.72. The maximum atomic E-state index is 12.3. The molecule has 0 bridgehead atoms. The second kappa shape index (κ2) is 7.61. The fourth-order valence-corrected chi connectivity index (χ4v) is 3.38. The molecule has 1 aliphatic heterocycles. The molecule has 0 radical (unpaired) electrons. The average Bonchev–Trinajstić information content (AvgIpc) is 3.43. The summed E-state index contributed by atoms with van der Waals surface area (Å²) in [6, 6.07) is 8.37. The molecule has 1 fully saturated rings. The number of benzene rings is 1. The van der Waals surface area contributed by atoms with Crippen LogP contribution in [0.4, 0.5) is 0 Å². The SMILES string of the molecule is O=C(O)[C@H](c1ccc(-n2cccn2)cc1)N1CCN(C(=O)c2ncn[nH]2)CC1. The molecule has 1 aliphatic rings. The third-order valence-electron chi connectivity index (χ3n) is 4.80. The van der Waals surface area contributed by atoms with Crippen LogP contribution in [-0.2, 0) is 4.79 Å². The lowest BCUT2D eigenvalue weighted by atomic mass is 10.0. The summed E-state index contributed by atoms with van der Waals surface area (Å²) in [7, 11) is 0. The number of nitrogens with zero attached hydrogens (tertiary/aromatic N) is 6. The molecule has 1 saturated heterocycles. The van der Waals surface area contributed by atoms with E-state index in [1.165, 1.54) is 6.33 Å². The Labute approximate surface area is 160 Å². The summed E-state index contributed by atoms with van der Waals surface area (Å²) in [6.45, 7) is 1.76. The van der Waals surface area contributed by atoms with E-state index in [0.717, 1.165) is 5.69 Å². The van der Waals surface area contributed by atoms with Gasteiger partial charge in [-0.1, -0.05) is 12.1 Å². The van der Waals surface area contributed by atoms with Gasteiger partial charge < -0.3 is 10.0 Å². The Kier molecular flexibility index (Phi) is 4.85. The maximum absolute atomic E-state index is 12.3. The summed E-state index contributed by atoms with van der Waals surface area (Å²) in [5, 5.41) is 20.2. The van der Waals surface area contributed by atoms with Crippen molar-refractivity contribution in [3.05, 3.63) is 60.4 Å². The predicted octanol–water partition coefficient (Wildman–Crippen LogP) is 0.574. The Bertz CT molecular complexity index is 930. The average molecular weight is 381 g/mol. The molecule has 1 atom stereocenters. The molecule has 3 heterocycles. The van der Waals surface area contributed by atoms with Crippen molar-refractivity contribution in [1.29, 1.82) is 0 Å². The van der Waals surface area contributed by atoms with Crippen molar-refractivity contribution in [2.45, 2.75) is 6.04 Å². The lowest BCUT2D eigenvalue weighted by Crippen LogP contribution is -2.51. The third kappa shape index (κ3) is 3.49. The van der Waals surface area contributed by atoms with E-state index in [0.29, 0.717) is 31.7 Å². The largest absolute Gasteiger partial charge is 0.480 e. The molecule has 3 aromatic rings. The first-order valence-corrected chi connectivity index (χ1v) is 8.85. The molecule has 0 aliphatic carbocycles. The zero-order valence-electron chi connectivity index (χ0n) is 15.0. The van der Waals surface area contributed by atoms with E-state index in [1.54, 1.807) is 15.8 Å². The number of aromatic amines is 1. The van der Waals surface area contributed by atoms with E-state index < -0.39 is 12.0 Å². The van der Waals surface area contributed by atoms with Gasteiger partial charge in [-0.25, -0.2) is 9.67 Å². The first-order chi connectivity index (χ1) is 13.6. The summed E-state index contributed by atoms with van der Waals surface area (Å²) in [6.07, 6.45) is 4.80. The van der Waals surface area contributed by atoms with Crippen LogP contribution in [0.2, 0.25) is 0 Å². The number of rotatable bonds is 5. The molecular weight excluding hydrogens is 362 g/mol. The molecule has 28 heavy (non-hydrogen) atoms. The van der Waals surface area contributed by atoms with Crippen LogP contribution in [0, 0.1) is 0 Å². The highest BCUT2D eigenvalue weighted by Gasteiger charge is 2.32. The lowest BCUT2D eigenvalue weighted by Gasteiger charge is -2.37. The third-order valence-corrected chi connectivity index (χ3v) is 4.80.